The van der Waals surface area contributed by atoms with Crippen molar-refractivity contribution in [2.75, 3.05) is 0 Å². The van der Waals surface area contributed by atoms with Gasteiger partial charge in [-0.25, -0.2) is 0 Å². The monoisotopic (exact) mass is 249 g/mol. The predicted molar refractivity (Wildman–Crippen MR) is 77.6 cm³/mol. The van der Waals surface area contributed by atoms with Crippen LogP contribution in [0.1, 0.15) is 71.6 Å². The first-order valence-electron chi connectivity index (χ1n) is 8.46. The van der Waals surface area contributed by atoms with E-state index >= 15 is 0 Å². The van der Waals surface area contributed by atoms with Crippen LogP contribution in [0.5, 0.6) is 0 Å². The van der Waals surface area contributed by atoms with E-state index in [9.17, 15) is 0 Å². The lowest BCUT2D eigenvalue weighted by Gasteiger charge is -2.37. The molecule has 18 heavy (non-hydrogen) atoms. The number of hydrogen-bond acceptors (Lipinski definition) is 1. The van der Waals surface area contributed by atoms with Crippen molar-refractivity contribution >= 4 is 0 Å². The molecule has 4 atom stereocenters. The molecule has 0 aromatic carbocycles. The minimum Gasteiger partial charge on any atom is -0.311 e. The first-order valence-corrected chi connectivity index (χ1v) is 8.46. The molecular formula is C17H31N. The average Bonchev–Trinajstić information content (AvgIpc) is 3.11. The fourth-order valence-electron chi connectivity index (χ4n) is 4.79. The Morgan fingerprint density at radius 2 is 1.39 bits per heavy atom. The van der Waals surface area contributed by atoms with Crippen LogP contribution in [0.2, 0.25) is 0 Å². The molecule has 0 aliphatic heterocycles. The number of hydrogen-bond donors (Lipinski definition) is 1. The molecule has 0 radical (unpaired) electrons. The van der Waals surface area contributed by atoms with Crippen molar-refractivity contribution in [2.45, 2.75) is 83.7 Å². The second-order valence-electron chi connectivity index (χ2n) is 7.74. The smallest absolute Gasteiger partial charge is 0.00747 e. The molecule has 0 aromatic heterocycles. The van der Waals surface area contributed by atoms with E-state index in [1.165, 1.54) is 57.8 Å². The summed E-state index contributed by atoms with van der Waals surface area (Å²) in [6.07, 6.45) is 13.3. The normalized spacial score (nSPS) is 46.0. The standard InChI is InChI=1S/C17H31N/c1-12-8-13(2)10-17(9-12)18-16-5-3-4-15(11-16)14-6-7-14/h12-18H,3-11H2,1-2H3. The molecule has 3 aliphatic rings. The van der Waals surface area contributed by atoms with E-state index in [0.717, 1.165) is 35.8 Å². The van der Waals surface area contributed by atoms with Crippen LogP contribution in [0, 0.1) is 23.7 Å². The van der Waals surface area contributed by atoms with Gasteiger partial charge in [0, 0.05) is 12.1 Å². The lowest BCUT2D eigenvalue weighted by molar-refractivity contribution is 0.189. The molecule has 0 heterocycles. The second-order valence-corrected chi connectivity index (χ2v) is 7.74. The highest BCUT2D eigenvalue weighted by molar-refractivity contribution is 4.90. The van der Waals surface area contributed by atoms with Gasteiger partial charge in [0.05, 0.1) is 0 Å². The maximum absolute atomic E-state index is 4.03. The van der Waals surface area contributed by atoms with Crippen LogP contribution in [0.3, 0.4) is 0 Å². The van der Waals surface area contributed by atoms with Crippen molar-refractivity contribution in [2.24, 2.45) is 23.7 Å². The van der Waals surface area contributed by atoms with Gasteiger partial charge in [-0.05, 0) is 68.6 Å². The molecule has 3 saturated carbocycles. The molecule has 3 fully saturated rings. The van der Waals surface area contributed by atoms with E-state index in [2.05, 4.69) is 19.2 Å². The summed E-state index contributed by atoms with van der Waals surface area (Å²) in [5.74, 6) is 4.08. The second kappa shape index (κ2) is 5.53. The van der Waals surface area contributed by atoms with Crippen molar-refractivity contribution in [3.63, 3.8) is 0 Å². The highest BCUT2D eigenvalue weighted by atomic mass is 15.0. The predicted octanol–water partition coefficient (Wildman–Crippen LogP) is 4.37. The van der Waals surface area contributed by atoms with Gasteiger partial charge in [-0.1, -0.05) is 26.7 Å². The molecule has 104 valence electrons. The molecule has 0 bridgehead atoms. The molecule has 3 rings (SSSR count). The summed E-state index contributed by atoms with van der Waals surface area (Å²) in [4.78, 5) is 0. The average molecular weight is 249 g/mol. The summed E-state index contributed by atoms with van der Waals surface area (Å²) in [6.45, 7) is 4.89. The van der Waals surface area contributed by atoms with Gasteiger partial charge < -0.3 is 5.32 Å². The van der Waals surface area contributed by atoms with E-state index in [1.807, 2.05) is 0 Å². The zero-order valence-corrected chi connectivity index (χ0v) is 12.3. The van der Waals surface area contributed by atoms with E-state index in [1.54, 1.807) is 0 Å². The lowest BCUT2D eigenvalue weighted by Crippen LogP contribution is -2.44. The van der Waals surface area contributed by atoms with Crippen LogP contribution in [0.25, 0.3) is 0 Å². The molecule has 0 amide bonds. The van der Waals surface area contributed by atoms with Crippen molar-refractivity contribution in [3.8, 4) is 0 Å². The van der Waals surface area contributed by atoms with Gasteiger partial charge in [0.1, 0.15) is 0 Å². The van der Waals surface area contributed by atoms with Crippen molar-refractivity contribution in [3.05, 3.63) is 0 Å². The van der Waals surface area contributed by atoms with Gasteiger partial charge in [-0.3, -0.25) is 0 Å². The van der Waals surface area contributed by atoms with Crippen molar-refractivity contribution in [1.82, 2.24) is 5.32 Å². The fraction of sp³-hybridized carbons (Fsp3) is 1.00. The minimum absolute atomic E-state index is 0.826. The fourth-order valence-corrected chi connectivity index (χ4v) is 4.79. The molecule has 0 spiro atoms. The van der Waals surface area contributed by atoms with Crippen LogP contribution >= 0.6 is 0 Å². The van der Waals surface area contributed by atoms with E-state index in [0.29, 0.717) is 0 Å². The van der Waals surface area contributed by atoms with Crippen LogP contribution in [0.4, 0.5) is 0 Å². The summed E-state index contributed by atoms with van der Waals surface area (Å²) in [5, 5.41) is 4.03. The van der Waals surface area contributed by atoms with Gasteiger partial charge in [-0.2, -0.15) is 0 Å². The van der Waals surface area contributed by atoms with Gasteiger partial charge in [0.25, 0.3) is 0 Å². The third-order valence-corrected chi connectivity index (χ3v) is 5.65. The Kier molecular flexibility index (Phi) is 3.98. The zero-order chi connectivity index (χ0) is 12.5. The molecule has 1 N–H and O–H groups in total. The largest absolute Gasteiger partial charge is 0.311 e. The maximum atomic E-state index is 4.03. The lowest BCUT2D eigenvalue weighted by atomic mass is 9.78. The van der Waals surface area contributed by atoms with E-state index < -0.39 is 0 Å². The SMILES string of the molecule is CC1CC(C)CC(NC2CCCC(C3CC3)C2)C1. The van der Waals surface area contributed by atoms with E-state index in [4.69, 9.17) is 0 Å². The topological polar surface area (TPSA) is 12.0 Å². The first kappa shape index (κ1) is 13.0. The molecule has 1 heteroatoms. The Morgan fingerprint density at radius 3 is 2.06 bits per heavy atom. The molecule has 4 unspecified atom stereocenters. The van der Waals surface area contributed by atoms with Gasteiger partial charge >= 0.3 is 0 Å². The summed E-state index contributed by atoms with van der Waals surface area (Å²) >= 11 is 0. The highest BCUT2D eigenvalue weighted by Gasteiger charge is 2.35. The van der Waals surface area contributed by atoms with E-state index in [-0.39, 0.29) is 0 Å². The third-order valence-electron chi connectivity index (χ3n) is 5.65. The Balaban J connectivity index is 1.49. The van der Waals surface area contributed by atoms with Gasteiger partial charge in [-0.15, -0.1) is 0 Å². The van der Waals surface area contributed by atoms with Crippen molar-refractivity contribution in [1.29, 1.82) is 0 Å². The zero-order valence-electron chi connectivity index (χ0n) is 12.3. The number of rotatable bonds is 3. The number of nitrogens with one attached hydrogen (secondary N) is 1. The van der Waals surface area contributed by atoms with Crippen molar-refractivity contribution < 1.29 is 0 Å². The molecule has 1 nitrogen and oxygen atoms in total. The third kappa shape index (κ3) is 3.29. The van der Waals surface area contributed by atoms with Crippen LogP contribution in [-0.2, 0) is 0 Å². The minimum atomic E-state index is 0.826. The Bertz CT molecular complexity index is 261. The Labute approximate surface area is 113 Å². The van der Waals surface area contributed by atoms with Crippen LogP contribution in [0.15, 0.2) is 0 Å². The molecule has 0 saturated heterocycles. The highest BCUT2D eigenvalue weighted by Crippen LogP contribution is 2.44. The van der Waals surface area contributed by atoms with Crippen LogP contribution in [-0.4, -0.2) is 12.1 Å². The van der Waals surface area contributed by atoms with Gasteiger partial charge in [0.2, 0.25) is 0 Å². The molecule has 3 aliphatic carbocycles. The van der Waals surface area contributed by atoms with Crippen LogP contribution < -0.4 is 5.32 Å². The summed E-state index contributed by atoms with van der Waals surface area (Å²) in [6, 6.07) is 1.68. The molecule has 0 aromatic rings. The van der Waals surface area contributed by atoms with Gasteiger partial charge in [0.15, 0.2) is 0 Å². The quantitative estimate of drug-likeness (QED) is 0.783. The summed E-state index contributed by atoms with van der Waals surface area (Å²) < 4.78 is 0. The Hall–Kier alpha value is -0.0400. The molecular weight excluding hydrogens is 218 g/mol. The summed E-state index contributed by atoms with van der Waals surface area (Å²) in [7, 11) is 0. The Morgan fingerprint density at radius 1 is 0.667 bits per heavy atom. The summed E-state index contributed by atoms with van der Waals surface area (Å²) in [5.41, 5.74) is 0. The maximum Gasteiger partial charge on any atom is 0.00747 e. The first-order chi connectivity index (χ1) is 8.70.